The van der Waals surface area contributed by atoms with Crippen molar-refractivity contribution in [2.24, 2.45) is 0 Å². The molecule has 1 aliphatic heterocycles. The zero-order valence-corrected chi connectivity index (χ0v) is 12.3. The number of nitrogens with one attached hydrogen (secondary N) is 1. The van der Waals surface area contributed by atoms with Gasteiger partial charge in [0.15, 0.2) is 0 Å². The third-order valence-electron chi connectivity index (χ3n) is 3.45. The predicted molar refractivity (Wildman–Crippen MR) is 80.5 cm³/mol. The SMILES string of the molecule is N#Cc1cccc(CC(=O)NC2COc3ncccc32)c1Cl. The molecular weight excluding hydrogens is 302 g/mol. The van der Waals surface area contributed by atoms with Crippen molar-refractivity contribution in [3.8, 4) is 11.9 Å². The molecule has 5 nitrogen and oxygen atoms in total. The molecule has 0 spiro atoms. The minimum Gasteiger partial charge on any atom is -0.475 e. The Hall–Kier alpha value is -2.58. The zero-order valence-electron chi connectivity index (χ0n) is 11.5. The quantitative estimate of drug-likeness (QED) is 0.944. The van der Waals surface area contributed by atoms with Crippen LogP contribution >= 0.6 is 11.6 Å². The van der Waals surface area contributed by atoms with Gasteiger partial charge in [-0.25, -0.2) is 4.98 Å². The van der Waals surface area contributed by atoms with Gasteiger partial charge in [0.25, 0.3) is 0 Å². The second kappa shape index (κ2) is 6.04. The van der Waals surface area contributed by atoms with E-state index < -0.39 is 0 Å². The summed E-state index contributed by atoms with van der Waals surface area (Å²) in [6.45, 7) is 0.365. The van der Waals surface area contributed by atoms with Gasteiger partial charge >= 0.3 is 0 Å². The highest BCUT2D eigenvalue weighted by Crippen LogP contribution is 2.29. The molecule has 2 heterocycles. The number of hydrogen-bond acceptors (Lipinski definition) is 4. The minimum atomic E-state index is -0.214. The molecule has 1 aromatic carbocycles. The standard InChI is InChI=1S/C16H12ClN3O2/c17-15-10(3-1-4-11(15)8-18)7-14(21)20-13-9-22-16-12(13)5-2-6-19-16/h1-6,13H,7,9H2,(H,20,21). The lowest BCUT2D eigenvalue weighted by atomic mass is 10.1. The lowest BCUT2D eigenvalue weighted by Crippen LogP contribution is -2.30. The molecule has 6 heteroatoms. The summed E-state index contributed by atoms with van der Waals surface area (Å²) in [4.78, 5) is 16.3. The Balaban J connectivity index is 1.71. The second-order valence-corrected chi connectivity index (χ2v) is 5.27. The first kappa shape index (κ1) is 14.4. The Labute approximate surface area is 132 Å². The summed E-state index contributed by atoms with van der Waals surface area (Å²) in [5.74, 6) is 0.375. The summed E-state index contributed by atoms with van der Waals surface area (Å²) in [5.41, 5.74) is 1.86. The molecule has 110 valence electrons. The predicted octanol–water partition coefficient (Wildman–Crippen LogP) is 2.40. The van der Waals surface area contributed by atoms with Crippen molar-refractivity contribution in [1.82, 2.24) is 10.3 Å². The Morgan fingerprint density at radius 2 is 2.32 bits per heavy atom. The van der Waals surface area contributed by atoms with Gasteiger partial charge in [0.2, 0.25) is 11.8 Å². The minimum absolute atomic E-state index is 0.112. The maximum atomic E-state index is 12.2. The smallest absolute Gasteiger partial charge is 0.225 e. The van der Waals surface area contributed by atoms with Crippen LogP contribution in [-0.2, 0) is 11.2 Å². The molecule has 1 aliphatic rings. The van der Waals surface area contributed by atoms with Crippen molar-refractivity contribution in [3.05, 3.63) is 58.2 Å². The Morgan fingerprint density at radius 1 is 1.45 bits per heavy atom. The number of carbonyl (C=O) groups excluding carboxylic acids is 1. The average Bonchev–Trinajstić information content (AvgIpc) is 2.93. The summed E-state index contributed by atoms with van der Waals surface area (Å²) in [5, 5.41) is 12.2. The van der Waals surface area contributed by atoms with Gasteiger partial charge in [-0.1, -0.05) is 23.7 Å². The van der Waals surface area contributed by atoms with Crippen molar-refractivity contribution in [3.63, 3.8) is 0 Å². The second-order valence-electron chi connectivity index (χ2n) is 4.90. The molecule has 1 N–H and O–H groups in total. The molecule has 0 radical (unpaired) electrons. The highest BCUT2D eigenvalue weighted by molar-refractivity contribution is 6.32. The number of carbonyl (C=O) groups is 1. The van der Waals surface area contributed by atoms with E-state index in [4.69, 9.17) is 21.6 Å². The van der Waals surface area contributed by atoms with E-state index in [-0.39, 0.29) is 18.4 Å². The van der Waals surface area contributed by atoms with Gasteiger partial charge < -0.3 is 10.1 Å². The van der Waals surface area contributed by atoms with Crippen LogP contribution in [0.25, 0.3) is 0 Å². The fourth-order valence-corrected chi connectivity index (χ4v) is 2.62. The van der Waals surface area contributed by atoms with Crippen LogP contribution < -0.4 is 10.1 Å². The molecule has 0 saturated heterocycles. The molecule has 1 aromatic heterocycles. The fraction of sp³-hybridized carbons (Fsp3) is 0.188. The summed E-state index contributed by atoms with van der Waals surface area (Å²) in [7, 11) is 0. The molecule has 1 atom stereocenters. The van der Waals surface area contributed by atoms with Gasteiger partial charge in [-0.05, 0) is 23.8 Å². The van der Waals surface area contributed by atoms with Crippen LogP contribution in [0.4, 0.5) is 0 Å². The molecule has 1 unspecified atom stereocenters. The molecule has 0 fully saturated rings. The van der Waals surface area contributed by atoms with E-state index in [1.807, 2.05) is 12.1 Å². The normalized spacial score (nSPS) is 15.5. The van der Waals surface area contributed by atoms with Crippen LogP contribution in [0.1, 0.15) is 22.7 Å². The van der Waals surface area contributed by atoms with Crippen molar-refractivity contribution in [2.75, 3.05) is 6.61 Å². The molecular formula is C16H12ClN3O2. The summed E-state index contributed by atoms with van der Waals surface area (Å²) in [6.07, 6.45) is 1.76. The lowest BCUT2D eigenvalue weighted by Gasteiger charge is -2.12. The van der Waals surface area contributed by atoms with Crippen molar-refractivity contribution in [2.45, 2.75) is 12.5 Å². The number of ether oxygens (including phenoxy) is 1. The van der Waals surface area contributed by atoms with E-state index in [1.54, 1.807) is 30.5 Å². The van der Waals surface area contributed by atoms with Crippen LogP contribution in [0.5, 0.6) is 5.88 Å². The van der Waals surface area contributed by atoms with Gasteiger partial charge in [-0.3, -0.25) is 4.79 Å². The Morgan fingerprint density at radius 3 is 3.14 bits per heavy atom. The number of aromatic nitrogens is 1. The van der Waals surface area contributed by atoms with E-state index in [0.717, 1.165) is 5.56 Å². The zero-order chi connectivity index (χ0) is 15.5. The van der Waals surface area contributed by atoms with Gasteiger partial charge in [0, 0.05) is 11.8 Å². The number of halogens is 1. The number of pyridine rings is 1. The van der Waals surface area contributed by atoms with Gasteiger partial charge in [0.1, 0.15) is 12.7 Å². The van der Waals surface area contributed by atoms with Gasteiger partial charge in [-0.2, -0.15) is 5.26 Å². The number of fused-ring (bicyclic) bond motifs is 1. The lowest BCUT2D eigenvalue weighted by molar-refractivity contribution is -0.121. The number of nitrogens with zero attached hydrogens (tertiary/aromatic N) is 2. The number of rotatable bonds is 3. The average molecular weight is 314 g/mol. The third-order valence-corrected chi connectivity index (χ3v) is 3.89. The highest BCUT2D eigenvalue weighted by Gasteiger charge is 2.26. The van der Waals surface area contributed by atoms with Crippen LogP contribution in [0.2, 0.25) is 5.02 Å². The third kappa shape index (κ3) is 2.74. The summed E-state index contributed by atoms with van der Waals surface area (Å²) < 4.78 is 5.43. The summed E-state index contributed by atoms with van der Waals surface area (Å²) in [6, 6.07) is 10.5. The number of amides is 1. The fourth-order valence-electron chi connectivity index (χ4n) is 2.38. The van der Waals surface area contributed by atoms with Crippen LogP contribution in [-0.4, -0.2) is 17.5 Å². The van der Waals surface area contributed by atoms with E-state index in [9.17, 15) is 4.79 Å². The molecule has 0 saturated carbocycles. The van der Waals surface area contributed by atoms with Gasteiger partial charge in [0.05, 0.1) is 23.0 Å². The van der Waals surface area contributed by atoms with Gasteiger partial charge in [-0.15, -0.1) is 0 Å². The monoisotopic (exact) mass is 313 g/mol. The Kier molecular flexibility index (Phi) is 3.94. The van der Waals surface area contributed by atoms with Crippen LogP contribution in [0, 0.1) is 11.3 Å². The molecule has 3 rings (SSSR count). The van der Waals surface area contributed by atoms with E-state index in [1.165, 1.54) is 0 Å². The number of hydrogen-bond donors (Lipinski definition) is 1. The first-order valence-electron chi connectivity index (χ1n) is 6.73. The maximum Gasteiger partial charge on any atom is 0.225 e. The molecule has 0 bridgehead atoms. The van der Waals surface area contributed by atoms with E-state index in [2.05, 4.69) is 10.3 Å². The molecule has 0 aliphatic carbocycles. The first-order valence-corrected chi connectivity index (χ1v) is 7.11. The van der Waals surface area contributed by atoms with Crippen LogP contribution in [0.15, 0.2) is 36.5 Å². The van der Waals surface area contributed by atoms with E-state index >= 15 is 0 Å². The van der Waals surface area contributed by atoms with E-state index in [0.29, 0.717) is 28.6 Å². The first-order chi connectivity index (χ1) is 10.7. The van der Waals surface area contributed by atoms with Crippen molar-refractivity contribution < 1.29 is 9.53 Å². The molecule has 22 heavy (non-hydrogen) atoms. The summed E-state index contributed by atoms with van der Waals surface area (Å²) >= 11 is 6.11. The van der Waals surface area contributed by atoms with Crippen LogP contribution in [0.3, 0.4) is 0 Å². The topological polar surface area (TPSA) is 75.0 Å². The Bertz CT molecular complexity index is 770. The largest absolute Gasteiger partial charge is 0.475 e. The molecule has 1 amide bonds. The highest BCUT2D eigenvalue weighted by atomic mass is 35.5. The van der Waals surface area contributed by atoms with Crippen molar-refractivity contribution >= 4 is 17.5 Å². The number of benzene rings is 1. The van der Waals surface area contributed by atoms with Crippen molar-refractivity contribution in [1.29, 1.82) is 5.26 Å². The molecule has 2 aromatic rings. The number of nitriles is 1. The maximum absolute atomic E-state index is 12.2.